The topological polar surface area (TPSA) is 49.4 Å². The standard InChI is InChI=1S/C22H20N2O2S2/c25-21(23-18-5-3-4-16(14-18)17-10-12-27-15-17)8-9-22(26)24-11-13-28-20-7-2-1-6-19(20)24/h1-7,10,12,14-15H,8-9,11,13H2,(H,23,25). The molecule has 4 nitrogen and oxygen atoms in total. The molecule has 28 heavy (non-hydrogen) atoms. The number of carbonyl (C=O) groups is 2. The highest BCUT2D eigenvalue weighted by Gasteiger charge is 2.22. The van der Waals surface area contributed by atoms with Gasteiger partial charge in [0, 0.05) is 35.7 Å². The Morgan fingerprint density at radius 3 is 2.75 bits per heavy atom. The summed E-state index contributed by atoms with van der Waals surface area (Å²) in [5, 5.41) is 7.02. The second-order valence-corrected chi connectivity index (χ2v) is 8.42. The number of nitrogens with zero attached hydrogens (tertiary/aromatic N) is 1. The van der Waals surface area contributed by atoms with E-state index in [1.165, 1.54) is 0 Å². The van der Waals surface area contributed by atoms with Crippen LogP contribution in [0.3, 0.4) is 0 Å². The van der Waals surface area contributed by atoms with Crippen molar-refractivity contribution in [1.29, 1.82) is 0 Å². The second-order valence-electron chi connectivity index (χ2n) is 6.50. The second kappa shape index (κ2) is 8.63. The predicted octanol–water partition coefficient (Wildman–Crippen LogP) is 5.27. The summed E-state index contributed by atoms with van der Waals surface area (Å²) in [5.74, 6) is 0.732. The molecule has 0 saturated carbocycles. The first-order valence-electron chi connectivity index (χ1n) is 9.15. The van der Waals surface area contributed by atoms with Crippen molar-refractivity contribution < 1.29 is 9.59 Å². The van der Waals surface area contributed by atoms with Gasteiger partial charge in [-0.25, -0.2) is 0 Å². The molecule has 0 radical (unpaired) electrons. The van der Waals surface area contributed by atoms with Crippen molar-refractivity contribution in [3.05, 3.63) is 65.4 Å². The Balaban J connectivity index is 1.35. The van der Waals surface area contributed by atoms with Crippen molar-refractivity contribution in [2.75, 3.05) is 22.5 Å². The third kappa shape index (κ3) is 4.29. The number of hydrogen-bond acceptors (Lipinski definition) is 4. The molecule has 0 fully saturated rings. The molecule has 142 valence electrons. The third-order valence-electron chi connectivity index (χ3n) is 4.60. The maximum absolute atomic E-state index is 12.7. The first kappa shape index (κ1) is 18.8. The fourth-order valence-corrected chi connectivity index (χ4v) is 4.87. The minimum Gasteiger partial charge on any atom is -0.326 e. The Morgan fingerprint density at radius 2 is 1.89 bits per heavy atom. The van der Waals surface area contributed by atoms with Crippen molar-refractivity contribution in [2.24, 2.45) is 0 Å². The van der Waals surface area contributed by atoms with E-state index in [0.29, 0.717) is 6.54 Å². The van der Waals surface area contributed by atoms with Crippen LogP contribution >= 0.6 is 23.1 Å². The van der Waals surface area contributed by atoms with Crippen LogP contribution in [0, 0.1) is 0 Å². The summed E-state index contributed by atoms with van der Waals surface area (Å²) in [6, 6.07) is 17.8. The molecule has 4 rings (SSSR count). The van der Waals surface area contributed by atoms with Gasteiger partial charge in [0.05, 0.1) is 5.69 Å². The van der Waals surface area contributed by atoms with Gasteiger partial charge < -0.3 is 10.2 Å². The molecule has 1 aromatic heterocycles. The highest BCUT2D eigenvalue weighted by molar-refractivity contribution is 7.99. The van der Waals surface area contributed by atoms with Crippen molar-refractivity contribution in [3.63, 3.8) is 0 Å². The summed E-state index contributed by atoms with van der Waals surface area (Å²) >= 11 is 3.41. The highest BCUT2D eigenvalue weighted by atomic mass is 32.2. The van der Waals surface area contributed by atoms with E-state index in [1.54, 1.807) is 28.0 Å². The van der Waals surface area contributed by atoms with Crippen LogP contribution < -0.4 is 10.2 Å². The molecule has 6 heteroatoms. The van der Waals surface area contributed by atoms with E-state index in [2.05, 4.69) is 16.8 Å². The molecule has 0 bridgehead atoms. The zero-order valence-corrected chi connectivity index (χ0v) is 16.9. The highest BCUT2D eigenvalue weighted by Crippen LogP contribution is 2.34. The molecule has 0 saturated heterocycles. The summed E-state index contributed by atoms with van der Waals surface area (Å²) in [7, 11) is 0. The Labute approximate surface area is 172 Å². The lowest BCUT2D eigenvalue weighted by atomic mass is 10.1. The zero-order valence-electron chi connectivity index (χ0n) is 15.3. The first-order valence-corrected chi connectivity index (χ1v) is 11.1. The van der Waals surface area contributed by atoms with E-state index in [0.717, 1.165) is 33.2 Å². The summed E-state index contributed by atoms with van der Waals surface area (Å²) in [6.45, 7) is 0.685. The van der Waals surface area contributed by atoms with Crippen molar-refractivity contribution in [2.45, 2.75) is 17.7 Å². The Morgan fingerprint density at radius 1 is 1.00 bits per heavy atom. The lowest BCUT2D eigenvalue weighted by molar-refractivity contribution is -0.122. The average molecular weight is 409 g/mol. The number of amides is 2. The maximum atomic E-state index is 12.7. The van der Waals surface area contributed by atoms with Gasteiger partial charge in [0.2, 0.25) is 11.8 Å². The lowest BCUT2D eigenvalue weighted by Gasteiger charge is -2.29. The van der Waals surface area contributed by atoms with Crippen LogP contribution in [0.5, 0.6) is 0 Å². The fraction of sp³-hybridized carbons (Fsp3) is 0.182. The maximum Gasteiger partial charge on any atom is 0.227 e. The van der Waals surface area contributed by atoms with Gasteiger partial charge in [-0.2, -0.15) is 11.3 Å². The quantitative estimate of drug-likeness (QED) is 0.625. The fourth-order valence-electron chi connectivity index (χ4n) is 3.21. The number of para-hydroxylation sites is 1. The molecule has 1 N–H and O–H groups in total. The molecule has 2 aromatic carbocycles. The minimum atomic E-state index is -0.143. The molecule has 3 aromatic rings. The Hall–Kier alpha value is -2.57. The van der Waals surface area contributed by atoms with Gasteiger partial charge in [-0.3, -0.25) is 9.59 Å². The number of nitrogens with one attached hydrogen (secondary N) is 1. The van der Waals surface area contributed by atoms with Gasteiger partial charge in [-0.15, -0.1) is 11.8 Å². The average Bonchev–Trinajstić information content (AvgIpc) is 3.27. The first-order chi connectivity index (χ1) is 13.7. The van der Waals surface area contributed by atoms with Crippen LogP contribution in [0.1, 0.15) is 12.8 Å². The monoisotopic (exact) mass is 408 g/mol. The van der Waals surface area contributed by atoms with Gasteiger partial charge in [-0.05, 0) is 52.2 Å². The van der Waals surface area contributed by atoms with E-state index in [1.807, 2.05) is 53.9 Å². The third-order valence-corrected chi connectivity index (χ3v) is 6.32. The normalized spacial score (nSPS) is 13.1. The van der Waals surface area contributed by atoms with Gasteiger partial charge >= 0.3 is 0 Å². The van der Waals surface area contributed by atoms with Gasteiger partial charge in [0.25, 0.3) is 0 Å². The van der Waals surface area contributed by atoms with Gasteiger partial charge in [-0.1, -0.05) is 24.3 Å². The number of thioether (sulfide) groups is 1. The Bertz CT molecular complexity index is 986. The van der Waals surface area contributed by atoms with Gasteiger partial charge in [0.1, 0.15) is 0 Å². The number of benzene rings is 2. The molecule has 1 aliphatic rings. The van der Waals surface area contributed by atoms with E-state index in [9.17, 15) is 9.59 Å². The number of rotatable bonds is 5. The molecule has 0 atom stereocenters. The number of fused-ring (bicyclic) bond motifs is 1. The van der Waals surface area contributed by atoms with Crippen molar-refractivity contribution in [3.8, 4) is 11.1 Å². The van der Waals surface area contributed by atoms with Crippen LogP contribution in [0.4, 0.5) is 11.4 Å². The van der Waals surface area contributed by atoms with Crippen LogP contribution in [-0.2, 0) is 9.59 Å². The van der Waals surface area contributed by atoms with E-state index in [4.69, 9.17) is 0 Å². The molecule has 1 aliphatic heterocycles. The zero-order chi connectivity index (χ0) is 19.3. The molecule has 2 amide bonds. The number of thiophene rings is 1. The van der Waals surface area contributed by atoms with Crippen LogP contribution in [0.2, 0.25) is 0 Å². The van der Waals surface area contributed by atoms with E-state index >= 15 is 0 Å². The molecule has 0 unspecified atom stereocenters. The number of anilines is 2. The number of carbonyl (C=O) groups excluding carboxylic acids is 2. The SMILES string of the molecule is O=C(CCC(=O)N1CCSc2ccccc21)Nc1cccc(-c2ccsc2)c1. The summed E-state index contributed by atoms with van der Waals surface area (Å²) in [4.78, 5) is 27.9. The smallest absolute Gasteiger partial charge is 0.227 e. The molecule has 0 spiro atoms. The molecule has 0 aliphatic carbocycles. The molecule has 2 heterocycles. The summed E-state index contributed by atoms with van der Waals surface area (Å²) < 4.78 is 0. The molecular formula is C22H20N2O2S2. The van der Waals surface area contributed by atoms with Gasteiger partial charge in [0.15, 0.2) is 0 Å². The minimum absolute atomic E-state index is 0.00470. The number of hydrogen-bond donors (Lipinski definition) is 1. The van der Waals surface area contributed by atoms with E-state index < -0.39 is 0 Å². The van der Waals surface area contributed by atoms with E-state index in [-0.39, 0.29) is 24.7 Å². The largest absolute Gasteiger partial charge is 0.326 e. The van der Waals surface area contributed by atoms with Crippen LogP contribution in [0.25, 0.3) is 11.1 Å². The predicted molar refractivity (Wildman–Crippen MR) is 117 cm³/mol. The molecular weight excluding hydrogens is 388 g/mol. The Kier molecular flexibility index (Phi) is 5.78. The summed E-state index contributed by atoms with van der Waals surface area (Å²) in [6.07, 6.45) is 0.377. The van der Waals surface area contributed by atoms with Crippen LogP contribution in [0.15, 0.2) is 70.3 Å². The lowest BCUT2D eigenvalue weighted by Crippen LogP contribution is -2.35. The van der Waals surface area contributed by atoms with Crippen molar-refractivity contribution in [1.82, 2.24) is 0 Å². The van der Waals surface area contributed by atoms with Crippen LogP contribution in [-0.4, -0.2) is 24.1 Å². The summed E-state index contributed by atoms with van der Waals surface area (Å²) in [5.41, 5.74) is 3.91. The van der Waals surface area contributed by atoms with Crippen molar-refractivity contribution >= 4 is 46.3 Å².